The average molecular weight is 1110 g/mol. The maximum absolute atomic E-state index is 13.3. The Hall–Kier alpha value is -2.05. The lowest BCUT2D eigenvalue weighted by atomic mass is 9.97. The van der Waals surface area contributed by atoms with Gasteiger partial charge in [0, 0.05) is 6.42 Å². The molecule has 2 aliphatic rings. The maximum atomic E-state index is 13.3. The number of ether oxygens (including phenoxy) is 4. The SMILES string of the molecule is CC/C=C\C/C=C\C/C=C\C/C=C\CCCCCCCCCCCCCCCCCCCCC(=O)NC(COC1OC(CO)C(OC2OC(CO)C(O)C(O)C2O)C(O)C1O)C(O)CCCCCCCCCCCCCCC. The Morgan fingerprint density at radius 2 is 0.885 bits per heavy atom. The molecule has 0 spiro atoms. The molecule has 2 fully saturated rings. The predicted molar refractivity (Wildman–Crippen MR) is 314 cm³/mol. The van der Waals surface area contributed by atoms with E-state index in [1.54, 1.807) is 0 Å². The summed E-state index contributed by atoms with van der Waals surface area (Å²) < 4.78 is 22.8. The smallest absolute Gasteiger partial charge is 0.220 e. The molecule has 0 saturated carbocycles. The first-order valence-electron chi connectivity index (χ1n) is 31.9. The molecule has 14 nitrogen and oxygen atoms in total. The minimum Gasteiger partial charge on any atom is -0.394 e. The van der Waals surface area contributed by atoms with Crippen molar-refractivity contribution < 1.29 is 64.6 Å². The van der Waals surface area contributed by atoms with Crippen molar-refractivity contribution in [1.82, 2.24) is 5.32 Å². The van der Waals surface area contributed by atoms with E-state index in [4.69, 9.17) is 18.9 Å². The van der Waals surface area contributed by atoms with Crippen LogP contribution >= 0.6 is 0 Å². The quantitative estimate of drug-likeness (QED) is 0.0204. The predicted octanol–water partition coefficient (Wildman–Crippen LogP) is 11.6. The lowest BCUT2D eigenvalue weighted by molar-refractivity contribution is -0.359. The van der Waals surface area contributed by atoms with E-state index < -0.39 is 86.8 Å². The lowest BCUT2D eigenvalue weighted by Gasteiger charge is -2.46. The second-order valence-electron chi connectivity index (χ2n) is 22.5. The van der Waals surface area contributed by atoms with E-state index in [0.29, 0.717) is 12.8 Å². The molecule has 0 bridgehead atoms. The molecule has 0 aromatic heterocycles. The summed E-state index contributed by atoms with van der Waals surface area (Å²) in [5.74, 6) is -0.205. The van der Waals surface area contributed by atoms with Gasteiger partial charge >= 0.3 is 0 Å². The van der Waals surface area contributed by atoms with E-state index in [1.165, 1.54) is 154 Å². The van der Waals surface area contributed by atoms with E-state index in [1.807, 2.05) is 0 Å². The van der Waals surface area contributed by atoms with Crippen LogP contribution in [0.25, 0.3) is 0 Å². The first kappa shape index (κ1) is 72.1. The Bertz CT molecular complexity index is 1490. The number of rotatable bonds is 51. The van der Waals surface area contributed by atoms with Gasteiger partial charge < -0.3 is 65.1 Å². The molecule has 1 amide bonds. The molecule has 2 aliphatic heterocycles. The Kier molecular flexibility index (Phi) is 45.8. The van der Waals surface area contributed by atoms with Gasteiger partial charge in [0.15, 0.2) is 12.6 Å². The highest BCUT2D eigenvalue weighted by atomic mass is 16.7. The van der Waals surface area contributed by atoms with Gasteiger partial charge in [0.1, 0.15) is 48.8 Å². The molecule has 0 radical (unpaired) electrons. The Morgan fingerprint density at radius 3 is 1.36 bits per heavy atom. The number of aliphatic hydroxyl groups is 8. The lowest BCUT2D eigenvalue weighted by Crippen LogP contribution is -2.65. The highest BCUT2D eigenvalue weighted by Crippen LogP contribution is 2.30. The normalized spacial score (nSPS) is 24.8. The van der Waals surface area contributed by atoms with Crippen molar-refractivity contribution in [3.05, 3.63) is 48.6 Å². The molecule has 0 aromatic carbocycles. The van der Waals surface area contributed by atoms with Crippen molar-refractivity contribution in [2.45, 2.75) is 331 Å². The molecule has 456 valence electrons. The van der Waals surface area contributed by atoms with Crippen LogP contribution in [0.15, 0.2) is 48.6 Å². The van der Waals surface area contributed by atoms with Crippen LogP contribution in [0.4, 0.5) is 0 Å². The topological polar surface area (TPSA) is 228 Å². The third-order valence-corrected chi connectivity index (χ3v) is 15.6. The molecule has 0 aromatic rings. The van der Waals surface area contributed by atoms with E-state index in [2.05, 4.69) is 67.8 Å². The summed E-state index contributed by atoms with van der Waals surface area (Å²) in [5.41, 5.74) is 0. The molecule has 2 rings (SSSR count). The molecule has 9 N–H and O–H groups in total. The largest absolute Gasteiger partial charge is 0.394 e. The molecule has 2 heterocycles. The number of hydrogen-bond acceptors (Lipinski definition) is 13. The Labute approximate surface area is 473 Å². The molecule has 78 heavy (non-hydrogen) atoms. The van der Waals surface area contributed by atoms with E-state index in [0.717, 1.165) is 77.0 Å². The van der Waals surface area contributed by atoms with Gasteiger partial charge in [-0.3, -0.25) is 4.79 Å². The second-order valence-corrected chi connectivity index (χ2v) is 22.5. The van der Waals surface area contributed by atoms with Crippen LogP contribution < -0.4 is 5.32 Å². The first-order chi connectivity index (χ1) is 38.1. The van der Waals surface area contributed by atoms with Crippen LogP contribution in [0.5, 0.6) is 0 Å². The monoisotopic (exact) mass is 1110 g/mol. The van der Waals surface area contributed by atoms with Gasteiger partial charge in [-0.2, -0.15) is 0 Å². The number of nitrogens with one attached hydrogen (secondary N) is 1. The number of unbranched alkanes of at least 4 members (excludes halogenated alkanes) is 30. The van der Waals surface area contributed by atoms with Crippen molar-refractivity contribution in [3.63, 3.8) is 0 Å². The molecular weight excluding hydrogens is 991 g/mol. The fraction of sp³-hybridized carbons (Fsp3) is 0.859. The average Bonchev–Trinajstić information content (AvgIpc) is 3.47. The summed E-state index contributed by atoms with van der Waals surface area (Å²) in [6, 6.07) is -0.827. The fourth-order valence-electron chi connectivity index (χ4n) is 10.5. The summed E-state index contributed by atoms with van der Waals surface area (Å²) in [4.78, 5) is 13.3. The summed E-state index contributed by atoms with van der Waals surface area (Å²) >= 11 is 0. The number of carbonyl (C=O) groups is 1. The maximum Gasteiger partial charge on any atom is 0.220 e. The summed E-state index contributed by atoms with van der Waals surface area (Å²) in [7, 11) is 0. The third kappa shape index (κ3) is 34.4. The van der Waals surface area contributed by atoms with Gasteiger partial charge in [-0.1, -0.05) is 249 Å². The van der Waals surface area contributed by atoms with Crippen LogP contribution in [0.2, 0.25) is 0 Å². The second kappa shape index (κ2) is 49.5. The van der Waals surface area contributed by atoms with Crippen molar-refractivity contribution in [3.8, 4) is 0 Å². The van der Waals surface area contributed by atoms with E-state index in [-0.39, 0.29) is 12.5 Å². The molecule has 2 saturated heterocycles. The van der Waals surface area contributed by atoms with Gasteiger partial charge in [0.25, 0.3) is 0 Å². The van der Waals surface area contributed by atoms with Gasteiger partial charge in [0.05, 0.1) is 32.0 Å². The highest BCUT2D eigenvalue weighted by Gasteiger charge is 2.51. The minimum absolute atomic E-state index is 0.205. The number of hydrogen-bond donors (Lipinski definition) is 9. The van der Waals surface area contributed by atoms with Gasteiger partial charge in [-0.25, -0.2) is 0 Å². The molecular formula is C64H117NO13. The Morgan fingerprint density at radius 1 is 0.474 bits per heavy atom. The van der Waals surface area contributed by atoms with Crippen LogP contribution in [0.1, 0.15) is 258 Å². The molecule has 14 heteroatoms. The summed E-state index contributed by atoms with van der Waals surface area (Å²) in [6.45, 7) is 2.76. The number of aliphatic hydroxyl groups excluding tert-OH is 8. The van der Waals surface area contributed by atoms with Crippen molar-refractivity contribution >= 4 is 5.91 Å². The fourth-order valence-corrected chi connectivity index (χ4v) is 10.5. The van der Waals surface area contributed by atoms with Gasteiger partial charge in [-0.15, -0.1) is 0 Å². The summed E-state index contributed by atoms with van der Waals surface area (Å²) in [6.07, 6.45) is 45.5. The van der Waals surface area contributed by atoms with Crippen LogP contribution in [-0.4, -0.2) is 140 Å². The van der Waals surface area contributed by atoms with Gasteiger partial charge in [0.2, 0.25) is 5.91 Å². The van der Waals surface area contributed by atoms with Crippen molar-refractivity contribution in [2.24, 2.45) is 0 Å². The molecule has 12 atom stereocenters. The zero-order chi connectivity index (χ0) is 56.7. The number of amides is 1. The minimum atomic E-state index is -1.78. The molecule has 0 aliphatic carbocycles. The zero-order valence-corrected chi connectivity index (χ0v) is 49.2. The van der Waals surface area contributed by atoms with Crippen LogP contribution in [0, 0.1) is 0 Å². The summed E-state index contributed by atoms with van der Waals surface area (Å²) in [5, 5.41) is 87.3. The third-order valence-electron chi connectivity index (χ3n) is 15.6. The van der Waals surface area contributed by atoms with Crippen LogP contribution in [0.3, 0.4) is 0 Å². The van der Waals surface area contributed by atoms with Crippen molar-refractivity contribution in [1.29, 1.82) is 0 Å². The standard InChI is InChI=1S/C64H117NO13/c1-3-5-7-9-11-13-15-17-18-19-20-21-22-23-24-25-26-27-28-29-30-31-32-33-34-36-38-40-42-44-46-48-56(69)65-52(53(68)47-45-43-41-39-37-35-16-14-12-10-8-6-4-2)51-75-63-61(74)59(72)62(55(50-67)77-63)78-64-60(73)58(71)57(70)54(49-66)76-64/h5,7,11,13,17-18,20-21,52-55,57-64,66-68,70-74H,3-4,6,8-10,12,14-16,19,22-51H2,1-2H3,(H,65,69)/b7-5-,13-11-,18-17-,21-20-. The van der Waals surface area contributed by atoms with Crippen LogP contribution in [-0.2, 0) is 23.7 Å². The zero-order valence-electron chi connectivity index (χ0n) is 49.2. The Balaban J connectivity index is 1.64. The first-order valence-corrected chi connectivity index (χ1v) is 31.9. The van der Waals surface area contributed by atoms with Crippen molar-refractivity contribution in [2.75, 3.05) is 19.8 Å². The number of allylic oxidation sites excluding steroid dienone is 8. The van der Waals surface area contributed by atoms with Gasteiger partial charge in [-0.05, 0) is 51.4 Å². The number of carbonyl (C=O) groups excluding carboxylic acids is 1. The highest BCUT2D eigenvalue weighted by molar-refractivity contribution is 5.76. The molecule has 12 unspecified atom stereocenters. The van der Waals surface area contributed by atoms with E-state index >= 15 is 0 Å². The van der Waals surface area contributed by atoms with E-state index in [9.17, 15) is 45.6 Å².